The second-order valence-electron chi connectivity index (χ2n) is 3.32. The number of hydrogen-bond acceptors (Lipinski definition) is 3. The SMILES string of the molecule is Cn1ncc(N)c1C(=O)NC1CC1. The summed E-state index contributed by atoms with van der Waals surface area (Å²) in [7, 11) is 1.71. The molecule has 70 valence electrons. The zero-order valence-corrected chi connectivity index (χ0v) is 7.45. The molecule has 0 aromatic carbocycles. The molecular formula is C8H12N4O. The fourth-order valence-electron chi connectivity index (χ4n) is 1.21. The van der Waals surface area contributed by atoms with Crippen molar-refractivity contribution in [1.29, 1.82) is 0 Å². The number of nitrogens with zero attached hydrogens (tertiary/aromatic N) is 2. The average Bonchev–Trinajstić information content (AvgIpc) is 2.79. The van der Waals surface area contributed by atoms with Gasteiger partial charge < -0.3 is 11.1 Å². The summed E-state index contributed by atoms with van der Waals surface area (Å²) in [4.78, 5) is 11.5. The molecule has 0 saturated heterocycles. The number of anilines is 1. The molecule has 0 bridgehead atoms. The fourth-order valence-corrected chi connectivity index (χ4v) is 1.21. The van der Waals surface area contributed by atoms with Crippen LogP contribution in [0, 0.1) is 0 Å². The Hall–Kier alpha value is -1.52. The second-order valence-corrected chi connectivity index (χ2v) is 3.32. The summed E-state index contributed by atoms with van der Waals surface area (Å²) < 4.78 is 1.49. The molecule has 13 heavy (non-hydrogen) atoms. The number of aromatic nitrogens is 2. The van der Waals surface area contributed by atoms with Gasteiger partial charge in [-0.3, -0.25) is 9.48 Å². The van der Waals surface area contributed by atoms with Crippen molar-refractivity contribution in [2.24, 2.45) is 7.05 Å². The molecule has 1 aromatic rings. The van der Waals surface area contributed by atoms with Crippen molar-refractivity contribution < 1.29 is 4.79 Å². The van der Waals surface area contributed by atoms with Crippen LogP contribution in [0.25, 0.3) is 0 Å². The summed E-state index contributed by atoms with van der Waals surface area (Å²) in [6, 6.07) is 0.349. The van der Waals surface area contributed by atoms with E-state index in [1.807, 2.05) is 0 Å². The van der Waals surface area contributed by atoms with Crippen molar-refractivity contribution in [3.63, 3.8) is 0 Å². The van der Waals surface area contributed by atoms with E-state index in [0.29, 0.717) is 17.4 Å². The van der Waals surface area contributed by atoms with Crippen LogP contribution in [-0.4, -0.2) is 21.7 Å². The van der Waals surface area contributed by atoms with Gasteiger partial charge in [-0.15, -0.1) is 0 Å². The lowest BCUT2D eigenvalue weighted by Gasteiger charge is -2.03. The van der Waals surface area contributed by atoms with E-state index in [-0.39, 0.29) is 5.91 Å². The highest BCUT2D eigenvalue weighted by atomic mass is 16.2. The number of nitrogen functional groups attached to an aromatic ring is 1. The Morgan fingerprint density at radius 1 is 1.77 bits per heavy atom. The molecular weight excluding hydrogens is 168 g/mol. The van der Waals surface area contributed by atoms with Crippen molar-refractivity contribution in [2.75, 3.05) is 5.73 Å². The Kier molecular flexibility index (Phi) is 1.72. The van der Waals surface area contributed by atoms with Crippen LogP contribution in [0.1, 0.15) is 23.3 Å². The highest BCUT2D eigenvalue weighted by Crippen LogP contribution is 2.20. The molecule has 0 aliphatic heterocycles. The summed E-state index contributed by atoms with van der Waals surface area (Å²) in [5, 5.41) is 6.75. The standard InChI is InChI=1S/C8H12N4O/c1-12-7(6(9)4-10-12)8(13)11-5-2-3-5/h4-5H,2-3,9H2,1H3,(H,11,13). The number of amides is 1. The molecule has 2 rings (SSSR count). The minimum absolute atomic E-state index is 0.125. The number of carbonyl (C=O) groups excluding carboxylic acids is 1. The van der Waals surface area contributed by atoms with Crippen LogP contribution in [0.4, 0.5) is 5.69 Å². The van der Waals surface area contributed by atoms with Crippen molar-refractivity contribution in [3.05, 3.63) is 11.9 Å². The molecule has 5 nitrogen and oxygen atoms in total. The predicted molar refractivity (Wildman–Crippen MR) is 48.1 cm³/mol. The maximum atomic E-state index is 11.5. The summed E-state index contributed by atoms with van der Waals surface area (Å²) in [6.45, 7) is 0. The van der Waals surface area contributed by atoms with Crippen LogP contribution in [-0.2, 0) is 7.05 Å². The number of carbonyl (C=O) groups is 1. The molecule has 1 aliphatic carbocycles. The molecule has 0 radical (unpaired) electrons. The maximum Gasteiger partial charge on any atom is 0.271 e. The quantitative estimate of drug-likeness (QED) is 0.667. The lowest BCUT2D eigenvalue weighted by Crippen LogP contribution is -2.28. The molecule has 5 heteroatoms. The van der Waals surface area contributed by atoms with Gasteiger partial charge in [-0.05, 0) is 12.8 Å². The van der Waals surface area contributed by atoms with Gasteiger partial charge in [0.1, 0.15) is 5.69 Å². The Morgan fingerprint density at radius 2 is 2.46 bits per heavy atom. The van der Waals surface area contributed by atoms with Crippen molar-refractivity contribution in [1.82, 2.24) is 15.1 Å². The number of hydrogen-bond donors (Lipinski definition) is 2. The number of rotatable bonds is 2. The van der Waals surface area contributed by atoms with Gasteiger partial charge in [0.25, 0.3) is 5.91 Å². The molecule has 1 saturated carbocycles. The second kappa shape index (κ2) is 2.76. The van der Waals surface area contributed by atoms with Crippen LogP contribution in [0.5, 0.6) is 0 Å². The molecule has 1 heterocycles. The lowest BCUT2D eigenvalue weighted by atomic mass is 10.3. The first kappa shape index (κ1) is 8.10. The van der Waals surface area contributed by atoms with Crippen molar-refractivity contribution in [2.45, 2.75) is 18.9 Å². The predicted octanol–water partition coefficient (Wildman–Crippen LogP) is -0.105. The monoisotopic (exact) mass is 180 g/mol. The highest BCUT2D eigenvalue weighted by Gasteiger charge is 2.25. The van der Waals surface area contributed by atoms with Gasteiger partial charge in [-0.1, -0.05) is 0 Å². The van der Waals surface area contributed by atoms with Gasteiger partial charge in [0.15, 0.2) is 0 Å². The third kappa shape index (κ3) is 1.49. The van der Waals surface area contributed by atoms with E-state index in [1.165, 1.54) is 10.9 Å². The van der Waals surface area contributed by atoms with E-state index in [0.717, 1.165) is 12.8 Å². The van der Waals surface area contributed by atoms with Gasteiger partial charge in [-0.2, -0.15) is 5.10 Å². The number of aryl methyl sites for hydroxylation is 1. The minimum Gasteiger partial charge on any atom is -0.396 e. The highest BCUT2D eigenvalue weighted by molar-refractivity contribution is 5.97. The summed E-state index contributed by atoms with van der Waals surface area (Å²) >= 11 is 0. The topological polar surface area (TPSA) is 72.9 Å². The Morgan fingerprint density at radius 3 is 2.92 bits per heavy atom. The first-order valence-corrected chi connectivity index (χ1v) is 4.27. The molecule has 1 amide bonds. The van der Waals surface area contributed by atoms with Crippen molar-refractivity contribution in [3.8, 4) is 0 Å². The van der Waals surface area contributed by atoms with E-state index < -0.39 is 0 Å². The Balaban J connectivity index is 2.17. The average molecular weight is 180 g/mol. The van der Waals surface area contributed by atoms with Gasteiger partial charge >= 0.3 is 0 Å². The smallest absolute Gasteiger partial charge is 0.271 e. The third-order valence-electron chi connectivity index (χ3n) is 2.09. The molecule has 0 atom stereocenters. The van der Waals surface area contributed by atoms with Gasteiger partial charge in [0.2, 0.25) is 0 Å². The molecule has 1 fully saturated rings. The number of nitrogens with one attached hydrogen (secondary N) is 1. The Labute approximate surface area is 75.9 Å². The normalized spacial score (nSPS) is 15.8. The molecule has 1 aromatic heterocycles. The zero-order valence-electron chi connectivity index (χ0n) is 7.45. The summed E-state index contributed by atoms with van der Waals surface area (Å²) in [5.41, 5.74) is 6.48. The van der Waals surface area contributed by atoms with Crippen LogP contribution in [0.2, 0.25) is 0 Å². The van der Waals surface area contributed by atoms with Gasteiger partial charge in [0, 0.05) is 13.1 Å². The third-order valence-corrected chi connectivity index (χ3v) is 2.09. The van der Waals surface area contributed by atoms with Crippen molar-refractivity contribution >= 4 is 11.6 Å². The van der Waals surface area contributed by atoms with Gasteiger partial charge in [0.05, 0.1) is 11.9 Å². The molecule has 0 unspecified atom stereocenters. The molecule has 0 spiro atoms. The first-order valence-electron chi connectivity index (χ1n) is 4.27. The van der Waals surface area contributed by atoms with E-state index in [9.17, 15) is 4.79 Å². The lowest BCUT2D eigenvalue weighted by molar-refractivity contribution is 0.0942. The summed E-state index contributed by atoms with van der Waals surface area (Å²) in [5.74, 6) is -0.125. The fraction of sp³-hybridized carbons (Fsp3) is 0.500. The maximum absolute atomic E-state index is 11.5. The summed E-state index contributed by atoms with van der Waals surface area (Å²) in [6.07, 6.45) is 3.63. The first-order chi connectivity index (χ1) is 6.18. The van der Waals surface area contributed by atoms with Crippen LogP contribution >= 0.6 is 0 Å². The number of nitrogens with two attached hydrogens (primary N) is 1. The largest absolute Gasteiger partial charge is 0.396 e. The van der Waals surface area contributed by atoms with E-state index in [4.69, 9.17) is 5.73 Å². The molecule has 1 aliphatic rings. The molecule has 3 N–H and O–H groups in total. The van der Waals surface area contributed by atoms with Gasteiger partial charge in [-0.25, -0.2) is 0 Å². The van der Waals surface area contributed by atoms with Crippen LogP contribution in [0.15, 0.2) is 6.20 Å². The van der Waals surface area contributed by atoms with Crippen LogP contribution < -0.4 is 11.1 Å². The van der Waals surface area contributed by atoms with Crippen LogP contribution in [0.3, 0.4) is 0 Å². The zero-order chi connectivity index (χ0) is 9.42. The Bertz CT molecular complexity index is 320. The van der Waals surface area contributed by atoms with E-state index >= 15 is 0 Å². The minimum atomic E-state index is -0.125. The van der Waals surface area contributed by atoms with E-state index in [1.54, 1.807) is 7.05 Å². The van der Waals surface area contributed by atoms with E-state index in [2.05, 4.69) is 10.4 Å².